The van der Waals surface area contributed by atoms with E-state index in [1.807, 2.05) is 25.1 Å². The van der Waals surface area contributed by atoms with Crippen LogP contribution in [0.2, 0.25) is 5.02 Å². The number of aromatic amines is 1. The molecule has 30 heavy (non-hydrogen) atoms. The lowest BCUT2D eigenvalue weighted by atomic mass is 10.1. The quantitative estimate of drug-likeness (QED) is 0.793. The zero-order valence-electron chi connectivity index (χ0n) is 16.9. The van der Waals surface area contributed by atoms with E-state index in [1.54, 1.807) is 4.90 Å². The Bertz CT molecular complexity index is 1050. The van der Waals surface area contributed by atoms with Crippen molar-refractivity contribution < 1.29 is 9.53 Å². The molecule has 2 fully saturated rings. The first-order valence-corrected chi connectivity index (χ1v) is 10.6. The van der Waals surface area contributed by atoms with Crippen molar-refractivity contribution in [2.24, 2.45) is 0 Å². The summed E-state index contributed by atoms with van der Waals surface area (Å²) in [7, 11) is 0. The van der Waals surface area contributed by atoms with Gasteiger partial charge in [0.15, 0.2) is 0 Å². The van der Waals surface area contributed by atoms with Crippen LogP contribution in [0.15, 0.2) is 34.0 Å². The molecule has 0 saturated carbocycles. The maximum Gasteiger partial charge on any atom is 0.328 e. The van der Waals surface area contributed by atoms with Gasteiger partial charge in [-0.15, -0.1) is 0 Å². The molecule has 2 aliphatic heterocycles. The van der Waals surface area contributed by atoms with Gasteiger partial charge in [0.25, 0.3) is 11.5 Å². The van der Waals surface area contributed by atoms with Gasteiger partial charge in [-0.2, -0.15) is 0 Å². The van der Waals surface area contributed by atoms with Crippen LogP contribution >= 0.6 is 11.6 Å². The number of rotatable bonds is 4. The highest BCUT2D eigenvalue weighted by atomic mass is 35.5. The van der Waals surface area contributed by atoms with Gasteiger partial charge in [0.05, 0.1) is 12.6 Å². The molecule has 2 aliphatic rings. The Labute approximate surface area is 179 Å². The Morgan fingerprint density at radius 2 is 2.00 bits per heavy atom. The number of hydrogen-bond acceptors (Lipinski definition) is 5. The van der Waals surface area contributed by atoms with Gasteiger partial charge in [-0.25, -0.2) is 4.79 Å². The molecule has 0 spiro atoms. The predicted molar refractivity (Wildman–Crippen MR) is 115 cm³/mol. The minimum atomic E-state index is -0.563. The molecule has 3 heterocycles. The van der Waals surface area contributed by atoms with Crippen LogP contribution in [0.1, 0.15) is 28.8 Å². The van der Waals surface area contributed by atoms with Gasteiger partial charge in [0.2, 0.25) is 0 Å². The van der Waals surface area contributed by atoms with Crippen molar-refractivity contribution in [2.45, 2.75) is 32.4 Å². The van der Waals surface area contributed by atoms with Gasteiger partial charge in [-0.3, -0.25) is 14.2 Å². The summed E-state index contributed by atoms with van der Waals surface area (Å²) >= 11 is 6.13. The normalized spacial score (nSPS) is 19.3. The molecule has 1 unspecified atom stereocenters. The highest BCUT2D eigenvalue weighted by Crippen LogP contribution is 2.25. The van der Waals surface area contributed by atoms with E-state index in [0.29, 0.717) is 37.8 Å². The summed E-state index contributed by atoms with van der Waals surface area (Å²) in [5.74, 6) is -0.361. The Hall–Kier alpha value is -2.58. The number of hydrogen-bond donors (Lipinski definition) is 1. The predicted octanol–water partition coefficient (Wildman–Crippen LogP) is 1.64. The molecule has 2 saturated heterocycles. The average Bonchev–Trinajstić information content (AvgIpc) is 3.26. The number of carbonyl (C=O) groups excluding carboxylic acids is 1. The minimum absolute atomic E-state index is 0.0139. The third kappa shape index (κ3) is 4.15. The van der Waals surface area contributed by atoms with Crippen LogP contribution < -0.4 is 16.1 Å². The van der Waals surface area contributed by atoms with E-state index in [-0.39, 0.29) is 24.1 Å². The Balaban J connectivity index is 1.48. The number of aryl methyl sites for hydroxylation is 1. The molecule has 0 bridgehead atoms. The maximum atomic E-state index is 13.0. The van der Waals surface area contributed by atoms with Crippen molar-refractivity contribution in [1.82, 2.24) is 14.5 Å². The summed E-state index contributed by atoms with van der Waals surface area (Å²) in [5.41, 5.74) is 1.08. The molecule has 0 radical (unpaired) electrons. The van der Waals surface area contributed by atoms with Gasteiger partial charge < -0.3 is 19.5 Å². The van der Waals surface area contributed by atoms with Gasteiger partial charge in [-0.1, -0.05) is 17.7 Å². The summed E-state index contributed by atoms with van der Waals surface area (Å²) in [4.78, 5) is 44.4. The molecule has 9 heteroatoms. The second-order valence-corrected chi connectivity index (χ2v) is 8.20. The molecule has 1 amide bonds. The molecule has 1 atom stereocenters. The van der Waals surface area contributed by atoms with E-state index >= 15 is 0 Å². The summed E-state index contributed by atoms with van der Waals surface area (Å²) in [6.07, 6.45) is 2.77. The summed E-state index contributed by atoms with van der Waals surface area (Å²) in [6.45, 7) is 5.06. The highest BCUT2D eigenvalue weighted by Gasteiger charge is 2.27. The number of aromatic nitrogens is 2. The van der Waals surface area contributed by atoms with Gasteiger partial charge in [-0.05, 0) is 37.5 Å². The zero-order chi connectivity index (χ0) is 21.3. The molecule has 1 aromatic carbocycles. The lowest BCUT2D eigenvalue weighted by Gasteiger charge is -2.36. The van der Waals surface area contributed by atoms with Crippen molar-refractivity contribution in [1.29, 1.82) is 0 Å². The number of benzene rings is 1. The standard InChI is InChI=1S/C21H25ClN4O4/c1-14-4-5-15(22)11-18(14)24-6-8-25(9-7-24)19(27)17-12-23-21(29)26(20(17)28)13-16-3-2-10-30-16/h4-5,11-12,16H,2-3,6-10,13H2,1H3,(H,23,29). The van der Waals surface area contributed by atoms with Crippen LogP contribution in [0.5, 0.6) is 0 Å². The number of amides is 1. The third-order valence-corrected chi connectivity index (χ3v) is 6.02. The van der Waals surface area contributed by atoms with E-state index in [0.717, 1.165) is 28.7 Å². The number of halogens is 1. The Kier molecular flexibility index (Phi) is 5.97. The summed E-state index contributed by atoms with van der Waals surface area (Å²) in [6, 6.07) is 5.77. The SMILES string of the molecule is Cc1ccc(Cl)cc1N1CCN(C(=O)c2c[nH]c(=O)n(CC3CCCO3)c2=O)CC1. The fourth-order valence-corrected chi connectivity index (χ4v) is 4.23. The van der Waals surface area contributed by atoms with E-state index in [1.165, 1.54) is 6.20 Å². The van der Waals surface area contributed by atoms with E-state index < -0.39 is 11.2 Å². The largest absolute Gasteiger partial charge is 0.376 e. The molecule has 1 aromatic heterocycles. The van der Waals surface area contributed by atoms with Crippen LogP contribution in [0.3, 0.4) is 0 Å². The fraction of sp³-hybridized carbons (Fsp3) is 0.476. The van der Waals surface area contributed by atoms with Crippen molar-refractivity contribution in [2.75, 3.05) is 37.7 Å². The molecule has 0 aliphatic carbocycles. The van der Waals surface area contributed by atoms with E-state index in [2.05, 4.69) is 9.88 Å². The number of anilines is 1. The molecule has 2 aromatic rings. The number of H-pyrrole nitrogens is 1. The highest BCUT2D eigenvalue weighted by molar-refractivity contribution is 6.30. The number of carbonyl (C=O) groups is 1. The van der Waals surface area contributed by atoms with Crippen LogP contribution in [0, 0.1) is 6.92 Å². The Morgan fingerprint density at radius 1 is 1.23 bits per heavy atom. The smallest absolute Gasteiger partial charge is 0.328 e. The number of nitrogens with one attached hydrogen (secondary N) is 1. The van der Waals surface area contributed by atoms with Crippen molar-refractivity contribution in [3.05, 3.63) is 61.4 Å². The second kappa shape index (κ2) is 8.65. The average molecular weight is 433 g/mol. The number of ether oxygens (including phenoxy) is 1. The number of piperazine rings is 1. The van der Waals surface area contributed by atoms with Gasteiger partial charge >= 0.3 is 5.69 Å². The summed E-state index contributed by atoms with van der Waals surface area (Å²) in [5, 5.41) is 0.675. The van der Waals surface area contributed by atoms with Crippen molar-refractivity contribution in [3.8, 4) is 0 Å². The molecule has 160 valence electrons. The molecule has 1 N–H and O–H groups in total. The van der Waals surface area contributed by atoms with Crippen molar-refractivity contribution in [3.63, 3.8) is 0 Å². The van der Waals surface area contributed by atoms with E-state index in [4.69, 9.17) is 16.3 Å². The topological polar surface area (TPSA) is 87.6 Å². The van der Waals surface area contributed by atoms with Crippen molar-refractivity contribution >= 4 is 23.2 Å². The first-order valence-electron chi connectivity index (χ1n) is 10.2. The number of nitrogens with zero attached hydrogens (tertiary/aromatic N) is 3. The van der Waals surface area contributed by atoms with Crippen LogP contribution in [-0.4, -0.2) is 59.2 Å². The molecular formula is C21H25ClN4O4. The molecular weight excluding hydrogens is 408 g/mol. The first kappa shape index (κ1) is 20.7. The van der Waals surface area contributed by atoms with E-state index in [9.17, 15) is 14.4 Å². The lowest BCUT2D eigenvalue weighted by Crippen LogP contribution is -2.51. The monoisotopic (exact) mass is 432 g/mol. The Morgan fingerprint density at radius 3 is 2.70 bits per heavy atom. The second-order valence-electron chi connectivity index (χ2n) is 7.77. The van der Waals surface area contributed by atoms with Gasteiger partial charge in [0.1, 0.15) is 5.56 Å². The molecule has 8 nitrogen and oxygen atoms in total. The summed E-state index contributed by atoms with van der Waals surface area (Å²) < 4.78 is 6.61. The maximum absolute atomic E-state index is 13.0. The van der Waals surface area contributed by atoms with Crippen LogP contribution in [0.25, 0.3) is 0 Å². The minimum Gasteiger partial charge on any atom is -0.376 e. The van der Waals surface area contributed by atoms with Crippen LogP contribution in [0.4, 0.5) is 5.69 Å². The van der Waals surface area contributed by atoms with Crippen LogP contribution in [-0.2, 0) is 11.3 Å². The fourth-order valence-electron chi connectivity index (χ4n) is 4.07. The van der Waals surface area contributed by atoms with Gasteiger partial charge in [0, 0.05) is 49.7 Å². The first-order chi connectivity index (χ1) is 14.4. The third-order valence-electron chi connectivity index (χ3n) is 5.78. The molecule has 4 rings (SSSR count). The lowest BCUT2D eigenvalue weighted by molar-refractivity contribution is 0.0739. The zero-order valence-corrected chi connectivity index (χ0v) is 17.7.